The zero-order chi connectivity index (χ0) is 19.6. The Kier molecular flexibility index (Phi) is 5.92. The number of aromatic nitrogens is 1. The van der Waals surface area contributed by atoms with Crippen LogP contribution in [0.25, 0.3) is 5.57 Å². The van der Waals surface area contributed by atoms with Crippen molar-refractivity contribution in [3.63, 3.8) is 0 Å². The highest BCUT2D eigenvalue weighted by Crippen LogP contribution is 2.32. The van der Waals surface area contributed by atoms with Gasteiger partial charge in [0.05, 0.1) is 11.1 Å². The highest BCUT2D eigenvalue weighted by molar-refractivity contribution is 6.32. The van der Waals surface area contributed by atoms with Crippen LogP contribution in [0.4, 0.5) is 0 Å². The van der Waals surface area contributed by atoms with Crippen LogP contribution in [0.15, 0.2) is 41.2 Å². The molecule has 0 radical (unpaired) electrons. The monoisotopic (exact) mass is 406 g/mol. The van der Waals surface area contributed by atoms with E-state index in [0.29, 0.717) is 29.3 Å². The molecule has 5 nitrogen and oxygen atoms in total. The number of halogens is 2. The molecule has 0 spiro atoms. The van der Waals surface area contributed by atoms with Gasteiger partial charge in [-0.1, -0.05) is 35.3 Å². The molecule has 2 N–H and O–H groups in total. The molecule has 1 aromatic heterocycles. The Morgan fingerprint density at radius 1 is 1.19 bits per heavy atom. The van der Waals surface area contributed by atoms with E-state index in [1.807, 2.05) is 26.0 Å². The van der Waals surface area contributed by atoms with Crippen molar-refractivity contribution in [1.29, 1.82) is 0 Å². The predicted octanol–water partition coefficient (Wildman–Crippen LogP) is 4.18. The summed E-state index contributed by atoms with van der Waals surface area (Å²) in [6, 6.07) is 8.63. The Balaban J connectivity index is 2.05. The smallest absolute Gasteiger partial charge is 0.267 e. The molecule has 0 aliphatic carbocycles. The average molecular weight is 407 g/mol. The number of hydrogen-bond donors (Lipinski definition) is 2. The van der Waals surface area contributed by atoms with Crippen molar-refractivity contribution >= 4 is 34.7 Å². The van der Waals surface area contributed by atoms with Crippen molar-refractivity contribution in [2.75, 3.05) is 0 Å². The van der Waals surface area contributed by atoms with E-state index in [0.717, 1.165) is 11.1 Å². The molecule has 0 bridgehead atoms. The average Bonchev–Trinajstić information content (AvgIpc) is 3.02. The molecule has 7 heteroatoms. The minimum absolute atomic E-state index is 0.00434. The summed E-state index contributed by atoms with van der Waals surface area (Å²) in [7, 11) is 0. The van der Waals surface area contributed by atoms with Crippen LogP contribution in [0, 0.1) is 0 Å². The fourth-order valence-corrected chi connectivity index (χ4v) is 3.27. The number of hydrogen-bond acceptors (Lipinski definition) is 3. The molecule has 1 atom stereocenters. The van der Waals surface area contributed by atoms with Gasteiger partial charge in [-0.15, -0.1) is 0 Å². The second-order valence-electron chi connectivity index (χ2n) is 6.65. The van der Waals surface area contributed by atoms with Crippen molar-refractivity contribution < 1.29 is 9.53 Å². The quantitative estimate of drug-likeness (QED) is 0.781. The number of H-pyrrole nitrogens is 1. The lowest BCUT2D eigenvalue weighted by molar-refractivity contribution is -0.119. The Bertz CT molecular complexity index is 950. The third-order valence-corrected chi connectivity index (χ3v) is 4.75. The van der Waals surface area contributed by atoms with Gasteiger partial charge in [0.1, 0.15) is 10.8 Å². The minimum atomic E-state index is -0.374. The third-order valence-electron chi connectivity index (χ3n) is 4.15. The van der Waals surface area contributed by atoms with Gasteiger partial charge in [-0.05, 0) is 50.1 Å². The lowest BCUT2D eigenvalue weighted by Crippen LogP contribution is -2.23. The number of amides is 1. The molecule has 27 heavy (non-hydrogen) atoms. The molecule has 2 heterocycles. The first-order chi connectivity index (χ1) is 12.8. The number of pyridine rings is 1. The maximum absolute atomic E-state index is 12.0. The van der Waals surface area contributed by atoms with Crippen molar-refractivity contribution in [3.05, 3.63) is 68.1 Å². The SMILES string of the molecule is CC(C)Oc1ccc(C(=C[C@H]2CCC(=O)N2)c2ccc(Cl)c(=O)[nH]2)cc1Cl. The molecular weight excluding hydrogens is 387 g/mol. The van der Waals surface area contributed by atoms with E-state index in [2.05, 4.69) is 10.3 Å². The number of aromatic amines is 1. The van der Waals surface area contributed by atoms with Gasteiger partial charge < -0.3 is 15.0 Å². The van der Waals surface area contributed by atoms with Gasteiger partial charge in [-0.25, -0.2) is 0 Å². The van der Waals surface area contributed by atoms with E-state index in [4.69, 9.17) is 27.9 Å². The highest BCUT2D eigenvalue weighted by Gasteiger charge is 2.21. The number of carbonyl (C=O) groups is 1. The van der Waals surface area contributed by atoms with Gasteiger partial charge in [0, 0.05) is 23.7 Å². The summed E-state index contributed by atoms with van der Waals surface area (Å²) in [5.74, 6) is 0.604. The molecule has 0 saturated carbocycles. The zero-order valence-corrected chi connectivity index (χ0v) is 16.5. The van der Waals surface area contributed by atoms with Gasteiger partial charge in [-0.3, -0.25) is 9.59 Å². The Labute approximate surface area is 167 Å². The number of rotatable bonds is 5. The molecule has 0 unspecified atom stereocenters. The summed E-state index contributed by atoms with van der Waals surface area (Å²) in [4.78, 5) is 26.3. The van der Waals surface area contributed by atoms with E-state index in [1.165, 1.54) is 0 Å². The largest absolute Gasteiger partial charge is 0.489 e. The molecule has 1 aliphatic heterocycles. The Morgan fingerprint density at radius 3 is 2.56 bits per heavy atom. The lowest BCUT2D eigenvalue weighted by atomic mass is 9.99. The fourth-order valence-electron chi connectivity index (χ4n) is 2.94. The molecule has 1 saturated heterocycles. The van der Waals surface area contributed by atoms with Crippen LogP contribution >= 0.6 is 23.2 Å². The van der Waals surface area contributed by atoms with Crippen LogP contribution in [0.1, 0.15) is 37.9 Å². The van der Waals surface area contributed by atoms with Gasteiger partial charge >= 0.3 is 0 Å². The van der Waals surface area contributed by atoms with E-state index >= 15 is 0 Å². The second kappa shape index (κ2) is 8.19. The molecule has 1 fully saturated rings. The van der Waals surface area contributed by atoms with Crippen LogP contribution < -0.4 is 15.6 Å². The fraction of sp³-hybridized carbons (Fsp3) is 0.300. The van der Waals surface area contributed by atoms with Gasteiger partial charge in [0.25, 0.3) is 5.56 Å². The second-order valence-corrected chi connectivity index (χ2v) is 7.47. The molecule has 1 amide bonds. The Hall–Kier alpha value is -2.24. The first kappa shape index (κ1) is 19.5. The molecular formula is C20H20Cl2N2O3. The maximum Gasteiger partial charge on any atom is 0.267 e. The summed E-state index contributed by atoms with van der Waals surface area (Å²) < 4.78 is 5.68. The molecule has 142 valence electrons. The third kappa shape index (κ3) is 4.73. The van der Waals surface area contributed by atoms with Gasteiger partial charge in [-0.2, -0.15) is 0 Å². The number of ether oxygens (including phenoxy) is 1. The summed E-state index contributed by atoms with van der Waals surface area (Å²) in [5.41, 5.74) is 1.78. The lowest BCUT2D eigenvalue weighted by Gasteiger charge is -2.15. The molecule has 3 rings (SSSR count). The maximum atomic E-state index is 12.0. The standard InChI is InChI=1S/C20H20Cl2N2O3/c1-11(2)27-18-7-3-12(9-16(18)22)14(10-13-4-8-19(25)23-13)17-6-5-15(21)20(26)24-17/h3,5-7,9-11,13H,4,8H2,1-2H3,(H,23,25)(H,24,26)/t13-/m1/s1. The van der Waals surface area contributed by atoms with E-state index < -0.39 is 0 Å². The number of benzene rings is 1. The first-order valence-electron chi connectivity index (χ1n) is 8.70. The van der Waals surface area contributed by atoms with Crippen molar-refractivity contribution in [3.8, 4) is 5.75 Å². The van der Waals surface area contributed by atoms with Crippen LogP contribution in [-0.2, 0) is 4.79 Å². The zero-order valence-electron chi connectivity index (χ0n) is 15.0. The molecule has 1 aliphatic rings. The van der Waals surface area contributed by atoms with Crippen LogP contribution in [0.3, 0.4) is 0 Å². The summed E-state index contributed by atoms with van der Waals surface area (Å²) in [6.45, 7) is 3.85. The van der Waals surface area contributed by atoms with Crippen molar-refractivity contribution in [1.82, 2.24) is 10.3 Å². The number of nitrogens with one attached hydrogen (secondary N) is 2. The normalized spacial score (nSPS) is 17.3. The van der Waals surface area contributed by atoms with Crippen LogP contribution in [-0.4, -0.2) is 23.0 Å². The van der Waals surface area contributed by atoms with Crippen molar-refractivity contribution in [2.45, 2.75) is 38.8 Å². The first-order valence-corrected chi connectivity index (χ1v) is 9.46. The minimum Gasteiger partial charge on any atom is -0.489 e. The summed E-state index contributed by atoms with van der Waals surface area (Å²) in [5, 5.41) is 3.50. The van der Waals surface area contributed by atoms with Crippen LogP contribution in [0.2, 0.25) is 10.0 Å². The number of carbonyl (C=O) groups excluding carboxylic acids is 1. The van der Waals surface area contributed by atoms with Gasteiger partial charge in [0.2, 0.25) is 5.91 Å². The summed E-state index contributed by atoms with van der Waals surface area (Å²) >= 11 is 12.2. The summed E-state index contributed by atoms with van der Waals surface area (Å²) in [6.07, 6.45) is 3.11. The van der Waals surface area contributed by atoms with Crippen LogP contribution in [0.5, 0.6) is 5.75 Å². The predicted molar refractivity (Wildman–Crippen MR) is 108 cm³/mol. The van der Waals surface area contributed by atoms with E-state index in [-0.39, 0.29) is 28.6 Å². The molecule has 2 aromatic rings. The van der Waals surface area contributed by atoms with E-state index in [9.17, 15) is 9.59 Å². The highest BCUT2D eigenvalue weighted by atomic mass is 35.5. The Morgan fingerprint density at radius 2 is 1.96 bits per heavy atom. The van der Waals surface area contributed by atoms with Gasteiger partial charge in [0.15, 0.2) is 0 Å². The molecule has 1 aromatic carbocycles. The van der Waals surface area contributed by atoms with Crippen molar-refractivity contribution in [2.24, 2.45) is 0 Å². The van der Waals surface area contributed by atoms with E-state index in [1.54, 1.807) is 24.3 Å². The topological polar surface area (TPSA) is 71.2 Å².